The fraction of sp³-hybridized carbons (Fsp3) is 0.400. The summed E-state index contributed by atoms with van der Waals surface area (Å²) in [4.78, 5) is 23.2. The summed E-state index contributed by atoms with van der Waals surface area (Å²) >= 11 is 0. The molecule has 7 nitrogen and oxygen atoms in total. The molecule has 7 heteroatoms. The van der Waals surface area contributed by atoms with Crippen LogP contribution in [-0.4, -0.2) is 40.5 Å². The molecule has 32 heavy (non-hydrogen) atoms. The van der Waals surface area contributed by atoms with Crippen LogP contribution in [0.25, 0.3) is 5.69 Å². The van der Waals surface area contributed by atoms with Gasteiger partial charge in [0, 0.05) is 44.3 Å². The number of H-pyrrole nitrogens is 1. The highest BCUT2D eigenvalue weighted by atomic mass is 16.5. The van der Waals surface area contributed by atoms with E-state index in [2.05, 4.69) is 32.1 Å². The number of pyridine rings is 1. The zero-order valence-electron chi connectivity index (χ0n) is 18.4. The molecule has 1 aromatic carbocycles. The molecule has 0 radical (unpaired) electrons. The number of aromatic nitrogens is 3. The van der Waals surface area contributed by atoms with Gasteiger partial charge in [-0.05, 0) is 61.1 Å². The van der Waals surface area contributed by atoms with Gasteiger partial charge in [-0.15, -0.1) is 0 Å². The van der Waals surface area contributed by atoms with E-state index in [9.17, 15) is 4.79 Å². The Morgan fingerprint density at radius 2 is 2.12 bits per heavy atom. The van der Waals surface area contributed by atoms with E-state index in [0.717, 1.165) is 68.1 Å². The number of anilines is 1. The van der Waals surface area contributed by atoms with E-state index in [0.29, 0.717) is 12.5 Å². The number of nitrogens with one attached hydrogen (secondary N) is 2. The van der Waals surface area contributed by atoms with Crippen LogP contribution < -0.4 is 9.88 Å². The number of carbonyl (C=O) groups is 1. The molecule has 6 rings (SSSR count). The molecular weight excluding hydrogens is 402 g/mol. The molecule has 164 valence electrons. The third kappa shape index (κ3) is 3.19. The maximum absolute atomic E-state index is 13.5. The highest BCUT2D eigenvalue weighted by Crippen LogP contribution is 2.31. The lowest BCUT2D eigenvalue weighted by atomic mass is 9.97. The second-order valence-electron chi connectivity index (χ2n) is 9.05. The number of hydrogen-bond donors (Lipinski definition) is 2. The molecule has 0 saturated carbocycles. The van der Waals surface area contributed by atoms with Crippen LogP contribution in [-0.2, 0) is 24.2 Å². The highest BCUT2D eigenvalue weighted by Gasteiger charge is 2.33. The minimum Gasteiger partial charge on any atom is -0.381 e. The average molecular weight is 431 g/mol. The summed E-state index contributed by atoms with van der Waals surface area (Å²) in [6, 6.07) is 6.24. The van der Waals surface area contributed by atoms with Crippen molar-refractivity contribution in [1.82, 2.24) is 14.9 Å². The summed E-state index contributed by atoms with van der Waals surface area (Å²) in [7, 11) is 0. The number of aromatic amines is 1. The second kappa shape index (κ2) is 7.74. The molecule has 3 aromatic rings. The summed E-state index contributed by atoms with van der Waals surface area (Å²) in [5.74, 6) is 1.81. The summed E-state index contributed by atoms with van der Waals surface area (Å²) in [5.41, 5.74) is 7.60. The van der Waals surface area contributed by atoms with Crippen molar-refractivity contribution in [3.8, 4) is 5.69 Å². The van der Waals surface area contributed by atoms with Gasteiger partial charge in [0.2, 0.25) is 0 Å². The van der Waals surface area contributed by atoms with Gasteiger partial charge in [-0.2, -0.15) is 4.57 Å². The van der Waals surface area contributed by atoms with Crippen LogP contribution in [0.2, 0.25) is 0 Å². The fourth-order valence-corrected chi connectivity index (χ4v) is 5.28. The first-order chi connectivity index (χ1) is 15.7. The predicted molar refractivity (Wildman–Crippen MR) is 120 cm³/mol. The standard InChI is InChI=1S/C25H27N5O2/c1-16-10-23-22(27-13-20-14-28-24(30(20)23)17-4-8-32-9-5-17)11-21(16)25(31)29-7-3-18-12-26-6-2-19(18)15-29/h2,6,10-12,14,17,27H,3-5,7-9,13,15H2,1H3/p+1. The summed E-state index contributed by atoms with van der Waals surface area (Å²) < 4.78 is 7.93. The van der Waals surface area contributed by atoms with E-state index in [4.69, 9.17) is 4.74 Å². The van der Waals surface area contributed by atoms with Crippen molar-refractivity contribution in [3.05, 3.63) is 70.6 Å². The number of hydrogen-bond acceptors (Lipinski definition) is 4. The lowest BCUT2D eigenvalue weighted by molar-refractivity contribution is -0.613. The monoisotopic (exact) mass is 430 g/mol. The van der Waals surface area contributed by atoms with Crippen LogP contribution in [0.3, 0.4) is 0 Å². The minimum atomic E-state index is 0.101. The first-order valence-electron chi connectivity index (χ1n) is 11.5. The maximum atomic E-state index is 13.5. The summed E-state index contributed by atoms with van der Waals surface area (Å²) in [6.07, 6.45) is 8.76. The van der Waals surface area contributed by atoms with Crippen LogP contribution in [0.4, 0.5) is 5.69 Å². The van der Waals surface area contributed by atoms with Gasteiger partial charge < -0.3 is 15.0 Å². The Hall–Kier alpha value is -3.19. The molecule has 2 N–H and O–H groups in total. The molecule has 1 amide bonds. The molecule has 0 spiro atoms. The van der Waals surface area contributed by atoms with E-state index in [-0.39, 0.29) is 5.91 Å². The van der Waals surface area contributed by atoms with Crippen molar-refractivity contribution in [2.45, 2.75) is 45.2 Å². The number of nitrogens with zero attached hydrogens (tertiary/aromatic N) is 3. The number of fused-ring (bicyclic) bond motifs is 4. The Balaban J connectivity index is 1.33. The fourth-order valence-electron chi connectivity index (χ4n) is 5.28. The molecule has 0 unspecified atom stereocenters. The van der Waals surface area contributed by atoms with Crippen LogP contribution in [0.15, 0.2) is 36.8 Å². The van der Waals surface area contributed by atoms with Crippen molar-refractivity contribution >= 4 is 11.6 Å². The molecule has 0 aliphatic carbocycles. The Labute approximate surface area is 187 Å². The Bertz CT molecular complexity index is 1200. The summed E-state index contributed by atoms with van der Waals surface area (Å²) in [6.45, 7) is 5.78. The highest BCUT2D eigenvalue weighted by molar-refractivity contribution is 5.97. The molecule has 2 aromatic heterocycles. The van der Waals surface area contributed by atoms with Gasteiger partial charge in [0.1, 0.15) is 6.20 Å². The van der Waals surface area contributed by atoms with Crippen LogP contribution in [0.5, 0.6) is 0 Å². The van der Waals surface area contributed by atoms with E-state index in [1.165, 1.54) is 22.6 Å². The van der Waals surface area contributed by atoms with Gasteiger partial charge >= 0.3 is 0 Å². The molecular formula is C25H28N5O2+. The van der Waals surface area contributed by atoms with Gasteiger partial charge in [0.15, 0.2) is 11.4 Å². The average Bonchev–Trinajstić information content (AvgIpc) is 3.28. The number of ether oxygens (including phenoxy) is 1. The second-order valence-corrected chi connectivity index (χ2v) is 9.05. The van der Waals surface area contributed by atoms with Gasteiger partial charge in [-0.1, -0.05) is 0 Å². The maximum Gasteiger partial charge on any atom is 0.263 e. The van der Waals surface area contributed by atoms with Crippen LogP contribution in [0.1, 0.15) is 57.3 Å². The number of amides is 1. The molecule has 0 atom stereocenters. The third-order valence-electron chi connectivity index (χ3n) is 7.10. The van der Waals surface area contributed by atoms with Gasteiger partial charge in [0.05, 0.1) is 18.2 Å². The molecule has 0 bridgehead atoms. The number of imidazole rings is 1. The molecule has 3 aliphatic heterocycles. The number of carbonyl (C=O) groups excluding carboxylic acids is 1. The van der Waals surface area contributed by atoms with Crippen molar-refractivity contribution < 1.29 is 14.1 Å². The summed E-state index contributed by atoms with van der Waals surface area (Å²) in [5, 5.41) is 3.53. The van der Waals surface area contributed by atoms with Crippen molar-refractivity contribution in [3.63, 3.8) is 0 Å². The number of aryl methyl sites for hydroxylation is 1. The molecule has 1 fully saturated rings. The minimum absolute atomic E-state index is 0.101. The van der Waals surface area contributed by atoms with Gasteiger partial charge in [-0.25, -0.2) is 4.98 Å². The predicted octanol–water partition coefficient (Wildman–Crippen LogP) is 3.01. The lowest BCUT2D eigenvalue weighted by Crippen LogP contribution is -2.44. The number of rotatable bonds is 2. The largest absolute Gasteiger partial charge is 0.381 e. The smallest absolute Gasteiger partial charge is 0.263 e. The number of benzene rings is 1. The van der Waals surface area contributed by atoms with E-state index < -0.39 is 0 Å². The topological polar surface area (TPSA) is 74.1 Å². The normalized spacial score (nSPS) is 17.8. The zero-order chi connectivity index (χ0) is 21.7. The Morgan fingerprint density at radius 3 is 3.00 bits per heavy atom. The first kappa shape index (κ1) is 19.5. The van der Waals surface area contributed by atoms with Crippen LogP contribution in [0, 0.1) is 6.92 Å². The van der Waals surface area contributed by atoms with Crippen molar-refractivity contribution in [1.29, 1.82) is 0 Å². The Kier molecular flexibility index (Phi) is 4.72. The Morgan fingerprint density at radius 1 is 1.25 bits per heavy atom. The quantitative estimate of drug-likeness (QED) is 0.613. The van der Waals surface area contributed by atoms with Crippen molar-refractivity contribution in [2.24, 2.45) is 0 Å². The van der Waals surface area contributed by atoms with E-state index in [1.807, 2.05) is 36.4 Å². The third-order valence-corrected chi connectivity index (χ3v) is 7.10. The molecule has 3 aliphatic rings. The lowest BCUT2D eigenvalue weighted by Gasteiger charge is -2.29. The molecule has 1 saturated heterocycles. The van der Waals surface area contributed by atoms with Crippen molar-refractivity contribution in [2.75, 3.05) is 25.1 Å². The zero-order valence-corrected chi connectivity index (χ0v) is 18.4. The van der Waals surface area contributed by atoms with Gasteiger partial charge in [0.25, 0.3) is 11.7 Å². The first-order valence-corrected chi connectivity index (χ1v) is 11.5. The SMILES string of the molecule is Cc1cc2c(cc1C(=O)N1CCc3cnccc3C1)NCc1c[nH]c(C3CCOCC3)[n+]1-2. The van der Waals surface area contributed by atoms with E-state index in [1.54, 1.807) is 0 Å². The van der Waals surface area contributed by atoms with Crippen LogP contribution >= 0.6 is 0 Å². The van der Waals surface area contributed by atoms with E-state index >= 15 is 0 Å². The van der Waals surface area contributed by atoms with Gasteiger partial charge in [-0.3, -0.25) is 9.78 Å². The molecule has 5 heterocycles.